The zero-order valence-corrected chi connectivity index (χ0v) is 15.3. The molecule has 1 atom stereocenters. The van der Waals surface area contributed by atoms with Gasteiger partial charge in [0, 0.05) is 18.7 Å². The van der Waals surface area contributed by atoms with Gasteiger partial charge in [0.15, 0.2) is 9.84 Å². The topological polar surface area (TPSA) is 88.6 Å². The predicted molar refractivity (Wildman–Crippen MR) is 99.2 cm³/mol. The number of pyridine rings is 1. The van der Waals surface area contributed by atoms with Gasteiger partial charge in [0.1, 0.15) is 5.75 Å². The molecule has 1 fully saturated rings. The number of carbonyl (C=O) groups excluding carboxylic acids is 1. The van der Waals surface area contributed by atoms with Gasteiger partial charge in [-0.1, -0.05) is 18.2 Å². The fourth-order valence-corrected chi connectivity index (χ4v) is 4.64. The molecule has 0 unspecified atom stereocenters. The molecule has 2 heterocycles. The third-order valence-corrected chi connectivity index (χ3v) is 5.95. The van der Waals surface area contributed by atoms with Crippen LogP contribution in [0, 0.1) is 0 Å². The minimum absolute atomic E-state index is 0.0242. The first kappa shape index (κ1) is 18.2. The Morgan fingerprint density at radius 1 is 1.27 bits per heavy atom. The molecular weight excluding hydrogens is 354 g/mol. The quantitative estimate of drug-likeness (QED) is 0.868. The molecule has 1 aromatic carbocycles. The highest BCUT2D eigenvalue weighted by atomic mass is 32.2. The number of hydrogen-bond acceptors (Lipinski definition) is 5. The van der Waals surface area contributed by atoms with Crippen molar-refractivity contribution in [1.82, 2.24) is 9.88 Å². The first-order valence-electron chi connectivity index (χ1n) is 8.44. The molecule has 7 nitrogen and oxygen atoms in total. The van der Waals surface area contributed by atoms with E-state index in [0.717, 1.165) is 0 Å². The largest absolute Gasteiger partial charge is 0.439 e. The standard InChI is InChI=1S/C18H21N3O4S/c1-2-21(15-10-11-26(23,24)13-15)18(22)20-14-8-9-17(19-12-14)25-16-6-4-3-5-7-16/h3-9,12,15H,2,10-11,13H2,1H3,(H,20,22)/t15-/m0/s1. The normalized spacial score (nSPS) is 18.3. The summed E-state index contributed by atoms with van der Waals surface area (Å²) in [6.07, 6.45) is 1.99. The highest BCUT2D eigenvalue weighted by Gasteiger charge is 2.33. The molecule has 3 rings (SSSR count). The van der Waals surface area contributed by atoms with Crippen molar-refractivity contribution in [3.63, 3.8) is 0 Å². The van der Waals surface area contributed by atoms with Crippen LogP contribution >= 0.6 is 0 Å². The Labute approximate surface area is 152 Å². The first-order chi connectivity index (χ1) is 12.5. The summed E-state index contributed by atoms with van der Waals surface area (Å²) in [6.45, 7) is 2.27. The van der Waals surface area contributed by atoms with Gasteiger partial charge < -0.3 is 15.0 Å². The zero-order chi connectivity index (χ0) is 18.6. The average molecular weight is 375 g/mol. The lowest BCUT2D eigenvalue weighted by atomic mass is 10.2. The van der Waals surface area contributed by atoms with E-state index in [9.17, 15) is 13.2 Å². The van der Waals surface area contributed by atoms with Crippen molar-refractivity contribution in [2.75, 3.05) is 23.4 Å². The molecule has 1 aromatic heterocycles. The number of sulfone groups is 1. The maximum Gasteiger partial charge on any atom is 0.322 e. The highest BCUT2D eigenvalue weighted by molar-refractivity contribution is 7.91. The molecule has 0 aliphatic carbocycles. The molecule has 26 heavy (non-hydrogen) atoms. The summed E-state index contributed by atoms with van der Waals surface area (Å²) in [4.78, 5) is 18.2. The van der Waals surface area contributed by atoms with Crippen LogP contribution in [0.5, 0.6) is 11.6 Å². The van der Waals surface area contributed by atoms with Crippen LogP contribution in [0.25, 0.3) is 0 Å². The van der Waals surface area contributed by atoms with Gasteiger partial charge in [0.05, 0.1) is 23.4 Å². The molecule has 8 heteroatoms. The van der Waals surface area contributed by atoms with Crippen LogP contribution in [0.3, 0.4) is 0 Å². The summed E-state index contributed by atoms with van der Waals surface area (Å²) in [5.74, 6) is 1.25. The van der Waals surface area contributed by atoms with Crippen LogP contribution in [-0.4, -0.2) is 48.4 Å². The second kappa shape index (κ2) is 7.74. The van der Waals surface area contributed by atoms with E-state index < -0.39 is 9.84 Å². The van der Waals surface area contributed by atoms with E-state index in [-0.39, 0.29) is 23.6 Å². The monoisotopic (exact) mass is 375 g/mol. The maximum absolute atomic E-state index is 12.5. The van der Waals surface area contributed by atoms with E-state index in [1.54, 1.807) is 17.0 Å². The van der Waals surface area contributed by atoms with Gasteiger partial charge in [0.2, 0.25) is 5.88 Å². The van der Waals surface area contributed by atoms with Gasteiger partial charge in [-0.3, -0.25) is 0 Å². The van der Waals surface area contributed by atoms with Crippen molar-refractivity contribution in [3.05, 3.63) is 48.7 Å². The third-order valence-electron chi connectivity index (χ3n) is 4.20. The van der Waals surface area contributed by atoms with E-state index in [2.05, 4.69) is 10.3 Å². The molecule has 1 aliphatic heterocycles. The van der Waals surface area contributed by atoms with Gasteiger partial charge in [-0.05, 0) is 31.5 Å². The number of nitrogens with one attached hydrogen (secondary N) is 1. The number of benzene rings is 1. The summed E-state index contributed by atoms with van der Waals surface area (Å²) in [5.41, 5.74) is 0.523. The number of anilines is 1. The second-order valence-electron chi connectivity index (χ2n) is 6.07. The van der Waals surface area contributed by atoms with Crippen molar-refractivity contribution >= 4 is 21.6 Å². The molecule has 1 N–H and O–H groups in total. The Morgan fingerprint density at radius 3 is 2.62 bits per heavy atom. The summed E-state index contributed by atoms with van der Waals surface area (Å²) in [5, 5.41) is 2.76. The van der Waals surface area contributed by atoms with E-state index in [1.165, 1.54) is 6.20 Å². The molecule has 0 bridgehead atoms. The Morgan fingerprint density at radius 2 is 2.04 bits per heavy atom. The third kappa shape index (κ3) is 4.51. The molecule has 2 amide bonds. The Hall–Kier alpha value is -2.61. The van der Waals surface area contributed by atoms with E-state index in [4.69, 9.17) is 4.74 Å². The summed E-state index contributed by atoms with van der Waals surface area (Å²) in [6, 6.07) is 12.0. The van der Waals surface area contributed by atoms with Crippen molar-refractivity contribution < 1.29 is 17.9 Å². The number of ether oxygens (including phenoxy) is 1. The zero-order valence-electron chi connectivity index (χ0n) is 14.5. The van der Waals surface area contributed by atoms with Gasteiger partial charge in [-0.2, -0.15) is 0 Å². The fourth-order valence-electron chi connectivity index (χ4n) is 2.91. The van der Waals surface area contributed by atoms with Crippen molar-refractivity contribution in [2.24, 2.45) is 0 Å². The van der Waals surface area contributed by atoms with Crippen LogP contribution < -0.4 is 10.1 Å². The number of carbonyl (C=O) groups is 1. The molecule has 0 radical (unpaired) electrons. The lowest BCUT2D eigenvalue weighted by molar-refractivity contribution is 0.197. The van der Waals surface area contributed by atoms with Gasteiger partial charge in [0.25, 0.3) is 0 Å². The predicted octanol–water partition coefficient (Wildman–Crippen LogP) is 2.91. The number of urea groups is 1. The molecule has 0 saturated carbocycles. The molecular formula is C18H21N3O4S. The van der Waals surface area contributed by atoms with E-state index in [1.807, 2.05) is 37.3 Å². The molecule has 2 aromatic rings. The molecule has 1 saturated heterocycles. The van der Waals surface area contributed by atoms with Crippen LogP contribution in [0.4, 0.5) is 10.5 Å². The second-order valence-corrected chi connectivity index (χ2v) is 8.30. The van der Waals surface area contributed by atoms with Crippen LogP contribution in [0.15, 0.2) is 48.7 Å². The van der Waals surface area contributed by atoms with Crippen LogP contribution in [0.2, 0.25) is 0 Å². The minimum Gasteiger partial charge on any atom is -0.439 e. The summed E-state index contributed by atoms with van der Waals surface area (Å²) in [7, 11) is -3.04. The number of para-hydroxylation sites is 1. The number of amides is 2. The SMILES string of the molecule is CCN(C(=O)Nc1ccc(Oc2ccccc2)nc1)[C@H]1CCS(=O)(=O)C1. The summed E-state index contributed by atoms with van der Waals surface area (Å²) >= 11 is 0. The van der Waals surface area contributed by atoms with E-state index in [0.29, 0.717) is 30.3 Å². The number of rotatable bonds is 5. The van der Waals surface area contributed by atoms with Gasteiger partial charge in [-0.25, -0.2) is 18.2 Å². The van der Waals surface area contributed by atoms with Crippen molar-refractivity contribution in [3.8, 4) is 11.6 Å². The highest BCUT2D eigenvalue weighted by Crippen LogP contribution is 2.21. The van der Waals surface area contributed by atoms with Crippen molar-refractivity contribution in [1.29, 1.82) is 0 Å². The first-order valence-corrected chi connectivity index (χ1v) is 10.3. The lowest BCUT2D eigenvalue weighted by Gasteiger charge is -2.26. The van der Waals surface area contributed by atoms with Gasteiger partial charge >= 0.3 is 6.03 Å². The molecule has 0 spiro atoms. The van der Waals surface area contributed by atoms with E-state index >= 15 is 0 Å². The number of hydrogen-bond donors (Lipinski definition) is 1. The Kier molecular flexibility index (Phi) is 5.41. The fraction of sp³-hybridized carbons (Fsp3) is 0.333. The maximum atomic E-state index is 12.5. The van der Waals surface area contributed by atoms with Gasteiger partial charge in [-0.15, -0.1) is 0 Å². The Balaban J connectivity index is 1.61. The van der Waals surface area contributed by atoms with Crippen LogP contribution in [0.1, 0.15) is 13.3 Å². The van der Waals surface area contributed by atoms with Crippen LogP contribution in [-0.2, 0) is 9.84 Å². The average Bonchev–Trinajstić information content (AvgIpc) is 2.98. The van der Waals surface area contributed by atoms with Crippen molar-refractivity contribution in [2.45, 2.75) is 19.4 Å². The lowest BCUT2D eigenvalue weighted by Crippen LogP contribution is -2.43. The number of nitrogens with zero attached hydrogens (tertiary/aromatic N) is 2. The summed E-state index contributed by atoms with van der Waals surface area (Å²) < 4.78 is 28.9. The minimum atomic E-state index is -3.04. The Bertz CT molecular complexity index is 854. The molecule has 1 aliphatic rings. The molecule has 138 valence electrons. The smallest absolute Gasteiger partial charge is 0.322 e. The number of aromatic nitrogens is 1.